The van der Waals surface area contributed by atoms with Crippen LogP contribution < -0.4 is 0 Å². The molecule has 0 amide bonds. The Morgan fingerprint density at radius 1 is 1.39 bits per heavy atom. The van der Waals surface area contributed by atoms with Crippen LogP contribution in [0, 0.1) is 6.92 Å². The third kappa shape index (κ3) is 2.90. The first-order chi connectivity index (χ1) is 8.37. The quantitative estimate of drug-likeness (QED) is 0.864. The lowest BCUT2D eigenvalue weighted by Crippen LogP contribution is -2.20. The molecule has 5 nitrogen and oxygen atoms in total. The molecule has 1 atom stereocenters. The lowest BCUT2D eigenvalue weighted by Gasteiger charge is -2.14. The van der Waals surface area contributed by atoms with E-state index >= 15 is 0 Å². The molecular weight excluding hydrogens is 254 g/mol. The van der Waals surface area contributed by atoms with Gasteiger partial charge in [0.25, 0.3) is 0 Å². The monoisotopic (exact) mass is 269 g/mol. The fourth-order valence-electron chi connectivity index (χ4n) is 2.09. The van der Waals surface area contributed by atoms with Gasteiger partial charge in [0.05, 0.1) is 12.6 Å². The van der Waals surface area contributed by atoms with E-state index in [2.05, 4.69) is 4.18 Å². The van der Waals surface area contributed by atoms with Gasteiger partial charge >= 0.3 is 10.4 Å². The van der Waals surface area contributed by atoms with Crippen molar-refractivity contribution < 1.29 is 17.2 Å². The highest BCUT2D eigenvalue weighted by Gasteiger charge is 2.15. The topological polar surface area (TPSA) is 68.5 Å². The summed E-state index contributed by atoms with van der Waals surface area (Å²) in [6.07, 6.45) is -0.630. The van der Waals surface area contributed by atoms with Crippen molar-refractivity contribution in [3.8, 4) is 0 Å². The SMILES string of the molecule is Cc1cc2ccccc2n1CC(C)OS(=O)(=O)O. The second kappa shape index (κ2) is 4.72. The summed E-state index contributed by atoms with van der Waals surface area (Å²) in [5.74, 6) is 0. The molecule has 0 saturated carbocycles. The van der Waals surface area contributed by atoms with Crippen LogP contribution in [0.1, 0.15) is 12.6 Å². The van der Waals surface area contributed by atoms with Gasteiger partial charge in [0.2, 0.25) is 0 Å². The largest absolute Gasteiger partial charge is 0.397 e. The molecule has 1 aromatic carbocycles. The highest BCUT2D eigenvalue weighted by Crippen LogP contribution is 2.20. The molecule has 0 radical (unpaired) electrons. The molecule has 2 rings (SSSR count). The zero-order chi connectivity index (χ0) is 13.3. The maximum Gasteiger partial charge on any atom is 0.397 e. The lowest BCUT2D eigenvalue weighted by atomic mass is 10.2. The minimum Gasteiger partial charge on any atom is -0.342 e. The molecule has 0 aliphatic carbocycles. The van der Waals surface area contributed by atoms with Crippen LogP contribution in [0.15, 0.2) is 30.3 Å². The Bertz CT molecular complexity index is 660. The van der Waals surface area contributed by atoms with Crippen molar-refractivity contribution >= 4 is 21.3 Å². The third-order valence-corrected chi connectivity index (χ3v) is 3.31. The molecule has 98 valence electrons. The number of hydrogen-bond donors (Lipinski definition) is 1. The summed E-state index contributed by atoms with van der Waals surface area (Å²) >= 11 is 0. The van der Waals surface area contributed by atoms with Crippen LogP contribution in [-0.2, 0) is 21.1 Å². The van der Waals surface area contributed by atoms with E-state index < -0.39 is 16.5 Å². The van der Waals surface area contributed by atoms with E-state index in [1.807, 2.05) is 41.8 Å². The summed E-state index contributed by atoms with van der Waals surface area (Å²) in [6.45, 7) is 3.90. The van der Waals surface area contributed by atoms with Crippen molar-refractivity contribution in [3.63, 3.8) is 0 Å². The molecule has 1 N–H and O–H groups in total. The van der Waals surface area contributed by atoms with Crippen LogP contribution in [0.5, 0.6) is 0 Å². The average molecular weight is 269 g/mol. The van der Waals surface area contributed by atoms with Crippen LogP contribution in [0.4, 0.5) is 0 Å². The van der Waals surface area contributed by atoms with Gasteiger partial charge in [-0.1, -0.05) is 18.2 Å². The van der Waals surface area contributed by atoms with Crippen molar-refractivity contribution in [1.82, 2.24) is 4.57 Å². The van der Waals surface area contributed by atoms with Crippen molar-refractivity contribution in [2.24, 2.45) is 0 Å². The van der Waals surface area contributed by atoms with Gasteiger partial charge in [0.1, 0.15) is 0 Å². The molecule has 2 aromatic rings. The Labute approximate surface area is 106 Å². The van der Waals surface area contributed by atoms with Gasteiger partial charge in [-0.15, -0.1) is 0 Å². The van der Waals surface area contributed by atoms with E-state index in [0.29, 0.717) is 6.54 Å². The van der Waals surface area contributed by atoms with E-state index in [0.717, 1.165) is 16.6 Å². The van der Waals surface area contributed by atoms with Gasteiger partial charge in [-0.3, -0.25) is 4.55 Å². The summed E-state index contributed by atoms with van der Waals surface area (Å²) in [4.78, 5) is 0. The minimum absolute atomic E-state index is 0.360. The van der Waals surface area contributed by atoms with Crippen LogP contribution in [0.3, 0.4) is 0 Å². The molecule has 1 heterocycles. The second-order valence-corrected chi connectivity index (χ2v) is 5.34. The zero-order valence-electron chi connectivity index (χ0n) is 10.2. The fraction of sp³-hybridized carbons (Fsp3) is 0.333. The van der Waals surface area contributed by atoms with Gasteiger partial charge in [0.15, 0.2) is 0 Å². The van der Waals surface area contributed by atoms with E-state index in [9.17, 15) is 8.42 Å². The van der Waals surface area contributed by atoms with Crippen molar-refractivity contribution in [3.05, 3.63) is 36.0 Å². The summed E-state index contributed by atoms with van der Waals surface area (Å²) in [7, 11) is -4.41. The molecule has 0 bridgehead atoms. The first-order valence-electron chi connectivity index (χ1n) is 5.57. The van der Waals surface area contributed by atoms with E-state index in [-0.39, 0.29) is 0 Å². The summed E-state index contributed by atoms with van der Waals surface area (Å²) in [5.41, 5.74) is 2.03. The Hall–Kier alpha value is -1.37. The number of para-hydroxylation sites is 1. The van der Waals surface area contributed by atoms with Crippen molar-refractivity contribution in [2.75, 3.05) is 0 Å². The predicted octanol–water partition coefficient (Wildman–Crippen LogP) is 2.16. The molecule has 0 saturated heterocycles. The van der Waals surface area contributed by atoms with Gasteiger partial charge in [-0.05, 0) is 31.4 Å². The number of hydrogen-bond acceptors (Lipinski definition) is 3. The molecule has 18 heavy (non-hydrogen) atoms. The highest BCUT2D eigenvalue weighted by atomic mass is 32.3. The molecule has 0 aliphatic rings. The number of aromatic nitrogens is 1. The Kier molecular flexibility index (Phi) is 3.43. The molecule has 0 fully saturated rings. The third-order valence-electron chi connectivity index (χ3n) is 2.74. The van der Waals surface area contributed by atoms with Gasteiger partial charge in [0, 0.05) is 11.2 Å². The summed E-state index contributed by atoms with van der Waals surface area (Å²) in [5, 5.41) is 1.09. The zero-order valence-corrected chi connectivity index (χ0v) is 11.0. The number of aryl methyl sites for hydroxylation is 1. The van der Waals surface area contributed by atoms with Crippen LogP contribution in [0.2, 0.25) is 0 Å². The van der Waals surface area contributed by atoms with Crippen LogP contribution in [0.25, 0.3) is 10.9 Å². The highest BCUT2D eigenvalue weighted by molar-refractivity contribution is 7.80. The van der Waals surface area contributed by atoms with Gasteiger partial charge < -0.3 is 4.57 Å². The Balaban J connectivity index is 2.29. The molecule has 1 aromatic heterocycles. The van der Waals surface area contributed by atoms with E-state index in [1.54, 1.807) is 6.92 Å². The lowest BCUT2D eigenvalue weighted by molar-refractivity contribution is 0.180. The predicted molar refractivity (Wildman–Crippen MR) is 68.8 cm³/mol. The fourth-order valence-corrected chi connectivity index (χ4v) is 2.56. The first-order valence-corrected chi connectivity index (χ1v) is 6.94. The smallest absolute Gasteiger partial charge is 0.342 e. The molecular formula is C12H15NO4S. The van der Waals surface area contributed by atoms with Crippen LogP contribution in [-0.4, -0.2) is 23.6 Å². The Morgan fingerprint density at radius 3 is 2.72 bits per heavy atom. The minimum atomic E-state index is -4.41. The van der Waals surface area contributed by atoms with Gasteiger partial charge in [-0.2, -0.15) is 8.42 Å². The second-order valence-electron chi connectivity index (χ2n) is 4.29. The van der Waals surface area contributed by atoms with E-state index in [4.69, 9.17) is 4.55 Å². The molecule has 6 heteroatoms. The number of benzene rings is 1. The molecule has 1 unspecified atom stereocenters. The molecule has 0 aliphatic heterocycles. The first kappa shape index (κ1) is 13.1. The van der Waals surface area contributed by atoms with Crippen molar-refractivity contribution in [1.29, 1.82) is 0 Å². The normalized spacial score (nSPS) is 13.9. The van der Waals surface area contributed by atoms with Gasteiger partial charge in [-0.25, -0.2) is 4.18 Å². The summed E-state index contributed by atoms with van der Waals surface area (Å²) < 4.78 is 36.4. The summed E-state index contributed by atoms with van der Waals surface area (Å²) in [6, 6.07) is 9.85. The standard InChI is InChI=1S/C12H15NO4S/c1-9-7-11-5-3-4-6-12(11)13(9)8-10(2)17-18(14,15)16/h3-7,10H,8H2,1-2H3,(H,14,15,16). The molecule has 0 spiro atoms. The van der Waals surface area contributed by atoms with Crippen LogP contribution >= 0.6 is 0 Å². The maximum absolute atomic E-state index is 10.6. The average Bonchev–Trinajstić information content (AvgIpc) is 2.53. The maximum atomic E-state index is 10.6. The number of rotatable bonds is 4. The number of nitrogens with zero attached hydrogens (tertiary/aromatic N) is 1. The van der Waals surface area contributed by atoms with Crippen molar-refractivity contribution in [2.45, 2.75) is 26.5 Å². The Morgan fingerprint density at radius 2 is 2.06 bits per heavy atom. The number of fused-ring (bicyclic) bond motifs is 1. The van der Waals surface area contributed by atoms with E-state index in [1.165, 1.54) is 0 Å².